The fourth-order valence-corrected chi connectivity index (χ4v) is 1.78. The Labute approximate surface area is 101 Å². The van der Waals surface area contributed by atoms with Crippen LogP contribution in [0, 0.1) is 5.92 Å². The number of rotatable bonds is 6. The number of hydrogen-bond acceptors (Lipinski definition) is 3. The molecule has 0 bridgehead atoms. The Bertz CT molecular complexity index is 433. The van der Waals surface area contributed by atoms with Gasteiger partial charge in [0.1, 0.15) is 11.5 Å². The van der Waals surface area contributed by atoms with Crippen LogP contribution in [0.3, 0.4) is 0 Å². The summed E-state index contributed by atoms with van der Waals surface area (Å²) in [6.45, 7) is 2.39. The molecule has 0 unspecified atom stereocenters. The minimum Gasteiger partial charge on any atom is -0.493 e. The van der Waals surface area contributed by atoms with E-state index in [1.165, 1.54) is 0 Å². The molecule has 0 saturated heterocycles. The molecule has 0 aliphatic heterocycles. The molecule has 1 aliphatic carbocycles. The monoisotopic (exact) mass is 232 g/mol. The van der Waals surface area contributed by atoms with Gasteiger partial charge in [-0.05, 0) is 31.9 Å². The maximum Gasteiger partial charge on any atom is 0.173 e. The van der Waals surface area contributed by atoms with E-state index in [4.69, 9.17) is 4.74 Å². The molecule has 90 valence electrons. The molecule has 17 heavy (non-hydrogen) atoms. The number of benzene rings is 1. The van der Waals surface area contributed by atoms with Gasteiger partial charge in [-0.15, -0.1) is 0 Å². The number of Topliss-reactive ketones (excluding diaryl/α,β-unsaturated/α-hetero) is 2. The number of ketones is 2. The lowest BCUT2D eigenvalue weighted by atomic mass is 10.0. The van der Waals surface area contributed by atoms with Crippen LogP contribution in [0.5, 0.6) is 5.75 Å². The molecule has 2 rings (SSSR count). The maximum absolute atomic E-state index is 12.0. The Morgan fingerprint density at radius 1 is 1.29 bits per heavy atom. The fraction of sp³-hybridized carbons (Fsp3) is 0.429. The summed E-state index contributed by atoms with van der Waals surface area (Å²) < 4.78 is 5.38. The third-order valence-corrected chi connectivity index (χ3v) is 2.85. The first-order valence-corrected chi connectivity index (χ1v) is 6.00. The molecule has 0 radical (unpaired) electrons. The minimum atomic E-state index is -0.133. The van der Waals surface area contributed by atoms with Crippen LogP contribution >= 0.6 is 0 Å². The Morgan fingerprint density at radius 3 is 2.65 bits per heavy atom. The molecule has 0 spiro atoms. The highest BCUT2D eigenvalue weighted by Gasteiger charge is 2.31. The van der Waals surface area contributed by atoms with Gasteiger partial charge >= 0.3 is 0 Å². The van der Waals surface area contributed by atoms with Crippen molar-refractivity contribution in [2.24, 2.45) is 5.92 Å². The molecule has 1 saturated carbocycles. The lowest BCUT2D eigenvalue weighted by Gasteiger charge is -2.08. The largest absolute Gasteiger partial charge is 0.493 e. The van der Waals surface area contributed by atoms with Gasteiger partial charge in [-0.25, -0.2) is 0 Å². The van der Waals surface area contributed by atoms with Gasteiger partial charge in [-0.3, -0.25) is 9.59 Å². The number of carbonyl (C=O) groups excluding carboxylic acids is 2. The van der Waals surface area contributed by atoms with Crippen molar-refractivity contribution in [3.8, 4) is 5.75 Å². The van der Waals surface area contributed by atoms with E-state index in [1.54, 1.807) is 18.2 Å². The Balaban J connectivity index is 2.09. The van der Waals surface area contributed by atoms with E-state index < -0.39 is 0 Å². The molecular weight excluding hydrogens is 216 g/mol. The van der Waals surface area contributed by atoms with Crippen molar-refractivity contribution >= 4 is 11.6 Å². The molecule has 0 atom stereocenters. The number of carbonyl (C=O) groups is 2. The summed E-state index contributed by atoms with van der Waals surface area (Å²) in [5.74, 6) is 0.647. The first-order valence-electron chi connectivity index (χ1n) is 6.00. The Morgan fingerprint density at radius 2 is 2.00 bits per heavy atom. The van der Waals surface area contributed by atoms with Gasteiger partial charge in [0, 0.05) is 5.92 Å². The summed E-state index contributed by atoms with van der Waals surface area (Å²) in [6.07, 6.45) is 1.90. The highest BCUT2D eigenvalue weighted by molar-refractivity contribution is 6.10. The first kappa shape index (κ1) is 11.8. The smallest absolute Gasteiger partial charge is 0.173 e. The highest BCUT2D eigenvalue weighted by atomic mass is 16.5. The van der Waals surface area contributed by atoms with Gasteiger partial charge in [-0.2, -0.15) is 0 Å². The number of para-hydroxylation sites is 1. The van der Waals surface area contributed by atoms with Crippen molar-refractivity contribution in [2.75, 3.05) is 6.61 Å². The van der Waals surface area contributed by atoms with Crippen LogP contribution in [-0.4, -0.2) is 18.2 Å². The van der Waals surface area contributed by atoms with Gasteiger partial charge in [0.2, 0.25) is 0 Å². The summed E-state index contributed by atoms with van der Waals surface area (Å²) in [6, 6.07) is 7.09. The van der Waals surface area contributed by atoms with Gasteiger partial charge in [-0.1, -0.05) is 12.1 Å². The summed E-state index contributed by atoms with van der Waals surface area (Å²) >= 11 is 0. The van der Waals surface area contributed by atoms with Crippen molar-refractivity contribution in [3.05, 3.63) is 29.8 Å². The van der Waals surface area contributed by atoms with E-state index in [0.29, 0.717) is 17.9 Å². The number of hydrogen-bond donors (Lipinski definition) is 0. The average molecular weight is 232 g/mol. The molecular formula is C14H16O3. The second kappa shape index (κ2) is 5.13. The first-order chi connectivity index (χ1) is 8.22. The van der Waals surface area contributed by atoms with Crippen molar-refractivity contribution in [3.63, 3.8) is 0 Å². The Kier molecular flexibility index (Phi) is 3.57. The fourth-order valence-electron chi connectivity index (χ4n) is 1.78. The zero-order chi connectivity index (χ0) is 12.3. The molecule has 1 aromatic rings. The van der Waals surface area contributed by atoms with Crippen LogP contribution in [0.25, 0.3) is 0 Å². The van der Waals surface area contributed by atoms with Gasteiger partial charge in [0.05, 0.1) is 18.6 Å². The SMILES string of the molecule is CCOc1ccccc1C(=O)CC(=O)C1CC1. The van der Waals surface area contributed by atoms with Crippen molar-refractivity contribution < 1.29 is 14.3 Å². The van der Waals surface area contributed by atoms with Crippen molar-refractivity contribution in [1.82, 2.24) is 0 Å². The highest BCUT2D eigenvalue weighted by Crippen LogP contribution is 2.31. The quantitative estimate of drug-likeness (QED) is 0.559. The molecule has 3 heteroatoms. The second-order valence-corrected chi connectivity index (χ2v) is 4.27. The van der Waals surface area contributed by atoms with Crippen LogP contribution in [-0.2, 0) is 4.79 Å². The van der Waals surface area contributed by atoms with Gasteiger partial charge in [0.15, 0.2) is 5.78 Å². The summed E-state index contributed by atoms with van der Waals surface area (Å²) in [4.78, 5) is 23.6. The van der Waals surface area contributed by atoms with Crippen LogP contribution in [0.15, 0.2) is 24.3 Å². The standard InChI is InChI=1S/C14H16O3/c1-2-17-14-6-4-3-5-11(14)13(16)9-12(15)10-7-8-10/h3-6,10H,2,7-9H2,1H3. The maximum atomic E-state index is 12.0. The molecule has 0 amide bonds. The van der Waals surface area contributed by atoms with E-state index in [2.05, 4.69) is 0 Å². The van der Waals surface area contributed by atoms with E-state index in [-0.39, 0.29) is 23.9 Å². The lowest BCUT2D eigenvalue weighted by molar-refractivity contribution is -0.119. The predicted molar refractivity (Wildman–Crippen MR) is 64.3 cm³/mol. The topological polar surface area (TPSA) is 43.4 Å². The van der Waals surface area contributed by atoms with E-state index in [0.717, 1.165) is 12.8 Å². The van der Waals surface area contributed by atoms with Crippen molar-refractivity contribution in [1.29, 1.82) is 0 Å². The molecule has 0 N–H and O–H groups in total. The second-order valence-electron chi connectivity index (χ2n) is 4.27. The minimum absolute atomic E-state index is 0.00868. The summed E-state index contributed by atoms with van der Waals surface area (Å²) in [5.41, 5.74) is 0.517. The summed E-state index contributed by atoms with van der Waals surface area (Å²) in [7, 11) is 0. The number of ether oxygens (including phenoxy) is 1. The third kappa shape index (κ3) is 2.93. The predicted octanol–water partition coefficient (Wildman–Crippen LogP) is 2.64. The Hall–Kier alpha value is -1.64. The molecule has 1 aromatic carbocycles. The molecule has 3 nitrogen and oxygen atoms in total. The van der Waals surface area contributed by atoms with Crippen LogP contribution in [0.1, 0.15) is 36.5 Å². The molecule has 0 aromatic heterocycles. The molecule has 1 fully saturated rings. The van der Waals surface area contributed by atoms with Gasteiger partial charge < -0.3 is 4.74 Å². The van der Waals surface area contributed by atoms with Crippen molar-refractivity contribution in [2.45, 2.75) is 26.2 Å². The van der Waals surface area contributed by atoms with Gasteiger partial charge in [0.25, 0.3) is 0 Å². The zero-order valence-corrected chi connectivity index (χ0v) is 9.94. The summed E-state index contributed by atoms with van der Waals surface area (Å²) in [5, 5.41) is 0. The van der Waals surface area contributed by atoms with E-state index in [9.17, 15) is 9.59 Å². The van der Waals surface area contributed by atoms with Crippen LogP contribution < -0.4 is 4.74 Å². The zero-order valence-electron chi connectivity index (χ0n) is 9.94. The van der Waals surface area contributed by atoms with Crippen LogP contribution in [0.2, 0.25) is 0 Å². The normalized spacial score (nSPS) is 14.4. The molecule has 0 heterocycles. The van der Waals surface area contributed by atoms with E-state index >= 15 is 0 Å². The molecule has 1 aliphatic rings. The third-order valence-electron chi connectivity index (χ3n) is 2.85. The van der Waals surface area contributed by atoms with E-state index in [1.807, 2.05) is 13.0 Å². The average Bonchev–Trinajstić information content (AvgIpc) is 3.13. The lowest BCUT2D eigenvalue weighted by Crippen LogP contribution is -2.11. The van der Waals surface area contributed by atoms with Crippen LogP contribution in [0.4, 0.5) is 0 Å².